The van der Waals surface area contributed by atoms with Crippen molar-refractivity contribution in [1.82, 2.24) is 15.3 Å². The number of hydrogen-bond acceptors (Lipinski definition) is 7. The quantitative estimate of drug-likeness (QED) is 0.628. The second-order valence-corrected chi connectivity index (χ2v) is 9.97. The smallest absolute Gasteiger partial charge is 0.221 e. The lowest BCUT2D eigenvalue weighted by atomic mass is 10.1. The fraction of sp³-hybridized carbons (Fsp3) is 0.389. The van der Waals surface area contributed by atoms with Gasteiger partial charge < -0.3 is 10.2 Å². The van der Waals surface area contributed by atoms with E-state index in [9.17, 15) is 22.7 Å². The number of amides is 1. The number of halogens is 2. The van der Waals surface area contributed by atoms with Gasteiger partial charge in [-0.1, -0.05) is 0 Å². The fourth-order valence-corrected chi connectivity index (χ4v) is 5.51. The molecule has 2 aliphatic rings. The predicted molar refractivity (Wildman–Crippen MR) is 109 cm³/mol. The van der Waals surface area contributed by atoms with Crippen LogP contribution >= 0.6 is 22.4 Å². The molecule has 0 unspecified atom stereocenters. The number of fused-ring (bicyclic) bond motifs is 1. The van der Waals surface area contributed by atoms with Crippen molar-refractivity contribution >= 4 is 34.1 Å². The van der Waals surface area contributed by atoms with Crippen molar-refractivity contribution in [3.8, 4) is 11.4 Å². The molecule has 0 radical (unpaired) electrons. The third kappa shape index (κ3) is 4.04. The van der Waals surface area contributed by atoms with Crippen LogP contribution in [0.4, 0.5) is 14.6 Å². The molecule has 156 valence electrons. The first kappa shape index (κ1) is 20.3. The number of rotatable bonds is 3. The maximum atomic E-state index is 14.7. The van der Waals surface area contributed by atoms with Gasteiger partial charge in [0.05, 0.1) is 22.8 Å². The molecule has 29 heavy (non-hydrogen) atoms. The maximum Gasteiger partial charge on any atom is 0.221 e. The van der Waals surface area contributed by atoms with E-state index in [1.165, 1.54) is 0 Å². The molecular formula is C18H20F2N4O3S2. The van der Waals surface area contributed by atoms with Gasteiger partial charge in [-0.2, -0.15) is 10.6 Å². The third-order valence-electron chi connectivity index (χ3n) is 4.91. The zero-order chi connectivity index (χ0) is 20.8. The number of carbonyl (C=O) groups excluding carboxylic acids is 1. The molecule has 4 rings (SSSR count). The summed E-state index contributed by atoms with van der Waals surface area (Å²) in [4.78, 5) is 22.5. The number of benzene rings is 1. The van der Waals surface area contributed by atoms with Gasteiger partial charge in [0.2, 0.25) is 5.91 Å². The van der Waals surface area contributed by atoms with Gasteiger partial charge in [0.1, 0.15) is 17.5 Å². The van der Waals surface area contributed by atoms with E-state index in [0.717, 1.165) is 23.9 Å². The number of nitrogens with zero attached hydrogens (tertiary/aromatic N) is 3. The number of anilines is 1. The Kier molecular flexibility index (Phi) is 5.40. The van der Waals surface area contributed by atoms with Gasteiger partial charge in [0, 0.05) is 36.5 Å². The van der Waals surface area contributed by atoms with Crippen molar-refractivity contribution in [2.75, 3.05) is 30.8 Å². The van der Waals surface area contributed by atoms with Crippen LogP contribution in [0.2, 0.25) is 0 Å². The van der Waals surface area contributed by atoms with Crippen LogP contribution in [-0.4, -0.2) is 50.9 Å². The summed E-state index contributed by atoms with van der Waals surface area (Å²) in [5.41, 5.74) is 0.920. The Bertz CT molecular complexity index is 990. The molecule has 1 saturated heterocycles. The highest BCUT2D eigenvalue weighted by Crippen LogP contribution is 2.54. The number of aromatic nitrogens is 2. The van der Waals surface area contributed by atoms with E-state index in [1.54, 1.807) is 6.26 Å². The Balaban J connectivity index is 1.83. The Morgan fingerprint density at radius 2 is 1.97 bits per heavy atom. The molecule has 1 aromatic carbocycles. The maximum absolute atomic E-state index is 14.7. The minimum absolute atomic E-state index is 0.0107. The minimum Gasteiger partial charge on any atom is -0.354 e. The molecule has 0 atom stereocenters. The Morgan fingerprint density at radius 1 is 1.17 bits per heavy atom. The molecule has 3 heterocycles. The third-order valence-corrected chi connectivity index (χ3v) is 7.15. The van der Waals surface area contributed by atoms with Gasteiger partial charge in [-0.05, 0) is 18.4 Å². The summed E-state index contributed by atoms with van der Waals surface area (Å²) in [6.07, 6.45) is 1.91. The summed E-state index contributed by atoms with van der Waals surface area (Å²) in [6, 6.07) is 2.17. The molecule has 0 spiro atoms. The molecule has 3 N–H and O–H groups in total. The highest BCUT2D eigenvalue weighted by Gasteiger charge is 2.33. The van der Waals surface area contributed by atoms with E-state index >= 15 is 0 Å². The van der Waals surface area contributed by atoms with Crippen LogP contribution in [0.5, 0.6) is 0 Å². The monoisotopic (exact) mass is 442 g/mol. The molecule has 0 aliphatic carbocycles. The van der Waals surface area contributed by atoms with Crippen molar-refractivity contribution in [1.29, 1.82) is 0 Å². The molecule has 1 aromatic heterocycles. The Hall–Kier alpha value is -1.95. The van der Waals surface area contributed by atoms with E-state index in [4.69, 9.17) is 0 Å². The van der Waals surface area contributed by atoms with Crippen LogP contribution in [0.3, 0.4) is 0 Å². The first-order valence-electron chi connectivity index (χ1n) is 8.96. The zero-order valence-corrected chi connectivity index (χ0v) is 17.2. The SMILES string of the molecule is CSc1cc(F)c(-c2nc3c(c(N4CCNC(=O)CC4)n2)CS(O)(O)C3)cc1F. The van der Waals surface area contributed by atoms with E-state index in [2.05, 4.69) is 15.3 Å². The molecule has 2 aliphatic heterocycles. The topological polar surface area (TPSA) is 98.6 Å². The van der Waals surface area contributed by atoms with Crippen molar-refractivity contribution in [3.63, 3.8) is 0 Å². The van der Waals surface area contributed by atoms with Crippen LogP contribution in [0.25, 0.3) is 11.4 Å². The number of thioether (sulfide) groups is 1. The summed E-state index contributed by atoms with van der Waals surface area (Å²) in [5.74, 6) is -0.923. The number of nitrogens with one attached hydrogen (secondary N) is 1. The summed E-state index contributed by atoms with van der Waals surface area (Å²) in [7, 11) is -2.90. The Morgan fingerprint density at radius 3 is 2.72 bits per heavy atom. The molecule has 11 heteroatoms. The first-order valence-corrected chi connectivity index (χ1v) is 12.1. The number of hydrogen-bond donors (Lipinski definition) is 3. The highest BCUT2D eigenvalue weighted by atomic mass is 32.3. The molecule has 2 aromatic rings. The molecule has 0 bridgehead atoms. The van der Waals surface area contributed by atoms with Crippen LogP contribution in [0, 0.1) is 11.6 Å². The molecule has 1 fully saturated rings. The van der Waals surface area contributed by atoms with Crippen molar-refractivity contribution in [3.05, 3.63) is 35.0 Å². The van der Waals surface area contributed by atoms with E-state index in [0.29, 0.717) is 36.7 Å². The fourth-order valence-electron chi connectivity index (χ4n) is 3.50. The largest absolute Gasteiger partial charge is 0.354 e. The van der Waals surface area contributed by atoms with Crippen LogP contribution in [0.15, 0.2) is 17.0 Å². The van der Waals surface area contributed by atoms with E-state index in [1.807, 2.05) is 4.90 Å². The van der Waals surface area contributed by atoms with Gasteiger partial charge in [-0.3, -0.25) is 13.9 Å². The second kappa shape index (κ2) is 7.71. The van der Waals surface area contributed by atoms with Gasteiger partial charge >= 0.3 is 0 Å². The second-order valence-electron chi connectivity index (χ2n) is 6.94. The molecular weight excluding hydrogens is 422 g/mol. The molecule has 7 nitrogen and oxygen atoms in total. The summed E-state index contributed by atoms with van der Waals surface area (Å²) < 4.78 is 49.4. The predicted octanol–water partition coefficient (Wildman–Crippen LogP) is 3.23. The van der Waals surface area contributed by atoms with Crippen molar-refractivity contribution in [2.24, 2.45) is 0 Å². The van der Waals surface area contributed by atoms with Gasteiger partial charge in [0.25, 0.3) is 0 Å². The summed E-state index contributed by atoms with van der Waals surface area (Å²) in [6.45, 7) is 1.26. The van der Waals surface area contributed by atoms with Gasteiger partial charge in [-0.15, -0.1) is 11.8 Å². The number of carbonyl (C=O) groups is 1. The normalized spacial score (nSPS) is 19.5. The molecule has 1 amide bonds. The molecule has 0 saturated carbocycles. The van der Waals surface area contributed by atoms with Gasteiger partial charge in [0.15, 0.2) is 5.82 Å². The summed E-state index contributed by atoms with van der Waals surface area (Å²) in [5, 5.41) is 2.77. The zero-order valence-electron chi connectivity index (χ0n) is 15.6. The first-order chi connectivity index (χ1) is 13.8. The highest BCUT2D eigenvalue weighted by molar-refractivity contribution is 8.23. The van der Waals surface area contributed by atoms with Crippen LogP contribution in [-0.2, 0) is 16.3 Å². The van der Waals surface area contributed by atoms with Crippen molar-refractivity contribution < 1.29 is 22.7 Å². The lowest BCUT2D eigenvalue weighted by Crippen LogP contribution is -2.30. The van der Waals surface area contributed by atoms with Crippen LogP contribution < -0.4 is 10.2 Å². The van der Waals surface area contributed by atoms with E-state index in [-0.39, 0.29) is 40.1 Å². The average Bonchev–Trinajstić information content (AvgIpc) is 2.82. The van der Waals surface area contributed by atoms with E-state index < -0.39 is 22.2 Å². The lowest BCUT2D eigenvalue weighted by molar-refractivity contribution is -0.120. The Labute approximate surface area is 172 Å². The lowest BCUT2D eigenvalue weighted by Gasteiger charge is -2.26. The average molecular weight is 443 g/mol. The van der Waals surface area contributed by atoms with Crippen LogP contribution in [0.1, 0.15) is 17.7 Å². The minimum atomic E-state index is -2.90. The van der Waals surface area contributed by atoms with Crippen molar-refractivity contribution in [2.45, 2.75) is 22.8 Å². The van der Waals surface area contributed by atoms with Gasteiger partial charge in [-0.25, -0.2) is 18.7 Å². The standard InChI is InChI=1S/C18H20F2N4O3S2/c1-28-15-7-12(19)10(6-13(15)20)17-22-14-9-29(26,27)8-11(14)18(23-17)24-4-2-16(25)21-3-5-24/h6-7,26-27H,2-5,8-9H2,1H3,(H,21,25). The summed E-state index contributed by atoms with van der Waals surface area (Å²) >= 11 is 1.10.